The third-order valence-corrected chi connectivity index (χ3v) is 4.28. The minimum Gasteiger partial charge on any atom is -0.507 e. The van der Waals surface area contributed by atoms with Gasteiger partial charge in [0.25, 0.3) is 0 Å². The van der Waals surface area contributed by atoms with Crippen molar-refractivity contribution in [1.29, 1.82) is 0 Å². The summed E-state index contributed by atoms with van der Waals surface area (Å²) in [5, 5.41) is 10.4. The van der Waals surface area contributed by atoms with Crippen molar-refractivity contribution in [3.8, 4) is 45.7 Å². The summed E-state index contributed by atoms with van der Waals surface area (Å²) in [5.41, 5.74) is 2.82. The van der Waals surface area contributed by atoms with E-state index in [9.17, 15) is 5.11 Å². The molecule has 4 aromatic rings. The van der Waals surface area contributed by atoms with Crippen molar-refractivity contribution in [1.82, 2.24) is 15.0 Å². The zero-order valence-corrected chi connectivity index (χ0v) is 15.2. The fourth-order valence-corrected chi connectivity index (χ4v) is 2.80. The molecule has 0 amide bonds. The maximum atomic E-state index is 10.4. The van der Waals surface area contributed by atoms with E-state index in [1.54, 1.807) is 31.4 Å². The summed E-state index contributed by atoms with van der Waals surface area (Å²) in [6.07, 6.45) is 0. The molecule has 0 saturated carbocycles. The SMILES string of the molecule is [B]c1ccc(-c2nc(-c3ccccc3)nc(-c3ccc(OC)cc3O)n2)cc1. The highest BCUT2D eigenvalue weighted by Crippen LogP contribution is 2.32. The summed E-state index contributed by atoms with van der Waals surface area (Å²) in [6.45, 7) is 0. The van der Waals surface area contributed by atoms with Gasteiger partial charge in [0.1, 0.15) is 19.3 Å². The Morgan fingerprint density at radius 3 is 1.96 bits per heavy atom. The minimum atomic E-state index is 0.0350. The van der Waals surface area contributed by atoms with Gasteiger partial charge in [0.05, 0.1) is 12.7 Å². The van der Waals surface area contributed by atoms with Crippen molar-refractivity contribution in [2.24, 2.45) is 0 Å². The zero-order valence-electron chi connectivity index (χ0n) is 15.2. The minimum absolute atomic E-state index is 0.0350. The first-order valence-corrected chi connectivity index (χ1v) is 8.69. The zero-order chi connectivity index (χ0) is 19.5. The molecule has 0 fully saturated rings. The number of benzene rings is 3. The van der Waals surface area contributed by atoms with Crippen LogP contribution < -0.4 is 10.2 Å². The third-order valence-electron chi connectivity index (χ3n) is 4.28. The van der Waals surface area contributed by atoms with Crippen LogP contribution in [0.15, 0.2) is 72.8 Å². The molecule has 0 bridgehead atoms. The molecule has 0 aliphatic rings. The molecule has 0 unspecified atom stereocenters. The van der Waals surface area contributed by atoms with Gasteiger partial charge in [0, 0.05) is 17.2 Å². The van der Waals surface area contributed by atoms with Crippen LogP contribution in [-0.4, -0.2) is 35.0 Å². The standard InChI is InChI=1S/C22H16BN3O2/c1-28-17-11-12-18(19(27)13-17)22-25-20(14-5-3-2-4-6-14)24-21(26-22)15-7-9-16(23)10-8-15/h2-13,27H,1H3. The number of methoxy groups -OCH3 is 1. The number of aromatic nitrogens is 3. The van der Waals surface area contributed by atoms with Crippen molar-refractivity contribution in [3.05, 3.63) is 72.8 Å². The van der Waals surface area contributed by atoms with E-state index >= 15 is 0 Å². The van der Waals surface area contributed by atoms with E-state index in [0.29, 0.717) is 34.2 Å². The first-order chi connectivity index (χ1) is 13.6. The van der Waals surface area contributed by atoms with Gasteiger partial charge in [-0.05, 0) is 12.1 Å². The second-order valence-electron chi connectivity index (χ2n) is 6.18. The van der Waals surface area contributed by atoms with Gasteiger partial charge in [-0.3, -0.25) is 0 Å². The number of hydrogen-bond donors (Lipinski definition) is 1. The summed E-state index contributed by atoms with van der Waals surface area (Å²) in [4.78, 5) is 13.8. The Kier molecular flexibility index (Phi) is 4.77. The molecule has 0 atom stereocenters. The summed E-state index contributed by atoms with van der Waals surface area (Å²) >= 11 is 0. The van der Waals surface area contributed by atoms with E-state index in [1.807, 2.05) is 42.5 Å². The van der Waals surface area contributed by atoms with E-state index < -0.39 is 0 Å². The van der Waals surface area contributed by atoms with Gasteiger partial charge in [0.2, 0.25) is 0 Å². The van der Waals surface area contributed by atoms with Crippen molar-refractivity contribution < 1.29 is 9.84 Å². The van der Waals surface area contributed by atoms with Crippen LogP contribution in [0, 0.1) is 0 Å². The average molecular weight is 365 g/mol. The molecule has 3 aromatic carbocycles. The number of phenols is 1. The van der Waals surface area contributed by atoms with E-state index in [1.165, 1.54) is 6.07 Å². The molecule has 2 radical (unpaired) electrons. The molecule has 0 saturated heterocycles. The molecule has 28 heavy (non-hydrogen) atoms. The van der Waals surface area contributed by atoms with E-state index in [2.05, 4.69) is 15.0 Å². The van der Waals surface area contributed by atoms with Crippen LogP contribution in [0.2, 0.25) is 0 Å². The van der Waals surface area contributed by atoms with E-state index in [0.717, 1.165) is 11.1 Å². The first-order valence-electron chi connectivity index (χ1n) is 8.69. The third kappa shape index (κ3) is 3.57. The number of aromatic hydroxyl groups is 1. The van der Waals surface area contributed by atoms with Crippen LogP contribution in [-0.2, 0) is 0 Å². The van der Waals surface area contributed by atoms with Crippen LogP contribution in [0.4, 0.5) is 0 Å². The van der Waals surface area contributed by atoms with E-state index in [-0.39, 0.29) is 5.75 Å². The lowest BCUT2D eigenvalue weighted by molar-refractivity contribution is 0.408. The molecular formula is C22H16BN3O2. The Bertz CT molecular complexity index is 1120. The van der Waals surface area contributed by atoms with Crippen LogP contribution in [0.1, 0.15) is 0 Å². The quantitative estimate of drug-likeness (QED) is 0.562. The largest absolute Gasteiger partial charge is 0.507 e. The number of nitrogens with zero attached hydrogens (tertiary/aromatic N) is 3. The summed E-state index contributed by atoms with van der Waals surface area (Å²) in [5.74, 6) is 1.98. The summed E-state index contributed by atoms with van der Waals surface area (Å²) < 4.78 is 5.16. The Labute approximate surface area is 164 Å². The highest BCUT2D eigenvalue weighted by atomic mass is 16.5. The molecule has 1 heterocycles. The second-order valence-corrected chi connectivity index (χ2v) is 6.18. The maximum Gasteiger partial charge on any atom is 0.167 e. The topological polar surface area (TPSA) is 68.1 Å². The van der Waals surface area contributed by atoms with Crippen LogP contribution >= 0.6 is 0 Å². The summed E-state index contributed by atoms with van der Waals surface area (Å²) in [7, 11) is 7.34. The van der Waals surface area contributed by atoms with Crippen molar-refractivity contribution in [3.63, 3.8) is 0 Å². The average Bonchev–Trinajstić information content (AvgIpc) is 2.74. The Morgan fingerprint density at radius 2 is 1.36 bits per heavy atom. The second kappa shape index (κ2) is 7.52. The van der Waals surface area contributed by atoms with Crippen LogP contribution in [0.5, 0.6) is 11.5 Å². The van der Waals surface area contributed by atoms with Gasteiger partial charge in [0.15, 0.2) is 17.5 Å². The lowest BCUT2D eigenvalue weighted by atomic mass is 9.95. The first kappa shape index (κ1) is 17.7. The number of ether oxygens (including phenoxy) is 1. The van der Waals surface area contributed by atoms with Gasteiger partial charge in [-0.1, -0.05) is 60.1 Å². The van der Waals surface area contributed by atoms with Gasteiger partial charge in [-0.15, -0.1) is 0 Å². The molecule has 134 valence electrons. The molecule has 0 spiro atoms. The van der Waals surface area contributed by atoms with Gasteiger partial charge in [-0.25, -0.2) is 15.0 Å². The highest BCUT2D eigenvalue weighted by Gasteiger charge is 2.15. The maximum absolute atomic E-state index is 10.4. The molecular weight excluding hydrogens is 349 g/mol. The summed E-state index contributed by atoms with van der Waals surface area (Å²) in [6, 6.07) is 22.0. The van der Waals surface area contributed by atoms with Crippen molar-refractivity contribution in [2.45, 2.75) is 0 Å². The lowest BCUT2D eigenvalue weighted by Gasteiger charge is -2.10. The smallest absolute Gasteiger partial charge is 0.167 e. The predicted octanol–water partition coefficient (Wildman–Crippen LogP) is 3.38. The van der Waals surface area contributed by atoms with Gasteiger partial charge >= 0.3 is 0 Å². The van der Waals surface area contributed by atoms with Gasteiger partial charge in [-0.2, -0.15) is 0 Å². The Morgan fingerprint density at radius 1 is 0.750 bits per heavy atom. The fourth-order valence-electron chi connectivity index (χ4n) is 2.80. The normalized spacial score (nSPS) is 10.6. The number of hydrogen-bond acceptors (Lipinski definition) is 5. The van der Waals surface area contributed by atoms with Crippen LogP contribution in [0.25, 0.3) is 34.2 Å². The number of phenolic OH excluding ortho intramolecular Hbond substituents is 1. The molecule has 0 aliphatic carbocycles. The molecule has 5 nitrogen and oxygen atoms in total. The molecule has 4 rings (SSSR count). The lowest BCUT2D eigenvalue weighted by Crippen LogP contribution is -2.03. The Balaban J connectivity index is 1.90. The molecule has 1 N–H and O–H groups in total. The van der Waals surface area contributed by atoms with Crippen molar-refractivity contribution >= 4 is 13.3 Å². The molecule has 0 aliphatic heterocycles. The highest BCUT2D eigenvalue weighted by molar-refractivity contribution is 6.32. The fraction of sp³-hybridized carbons (Fsp3) is 0.0455. The van der Waals surface area contributed by atoms with Gasteiger partial charge < -0.3 is 9.84 Å². The predicted molar refractivity (Wildman–Crippen MR) is 110 cm³/mol. The molecule has 6 heteroatoms. The molecule has 1 aromatic heterocycles. The number of rotatable bonds is 4. The van der Waals surface area contributed by atoms with Crippen LogP contribution in [0.3, 0.4) is 0 Å². The van der Waals surface area contributed by atoms with Crippen molar-refractivity contribution in [2.75, 3.05) is 7.11 Å². The monoisotopic (exact) mass is 365 g/mol. The Hall–Kier alpha value is -3.67. The van der Waals surface area contributed by atoms with E-state index in [4.69, 9.17) is 12.6 Å².